The smallest absolute Gasteiger partial charge is 0.341 e. The van der Waals surface area contributed by atoms with Crippen LogP contribution >= 0.6 is 11.3 Å². The number of carbonyl (C=O) groups is 1. The van der Waals surface area contributed by atoms with E-state index in [1.165, 1.54) is 11.3 Å². The van der Waals surface area contributed by atoms with Gasteiger partial charge in [0.25, 0.3) is 0 Å². The fourth-order valence-electron chi connectivity index (χ4n) is 1.11. The van der Waals surface area contributed by atoms with Gasteiger partial charge in [0.05, 0.1) is 0 Å². The number of hydrogen-bond donors (Lipinski definition) is 1. The van der Waals surface area contributed by atoms with Gasteiger partial charge in [0.2, 0.25) is 0 Å². The molecule has 6 heteroatoms. The third-order valence-corrected chi connectivity index (χ3v) is 2.49. The van der Waals surface area contributed by atoms with Gasteiger partial charge < -0.3 is 9.63 Å². The highest BCUT2D eigenvalue weighted by atomic mass is 32.1. The lowest BCUT2D eigenvalue weighted by Crippen LogP contribution is -1.98. The number of carboxylic acid groups (broad SMARTS) is 1. The topological polar surface area (TPSA) is 76.2 Å². The third kappa shape index (κ3) is 1.29. The van der Waals surface area contributed by atoms with Crippen LogP contribution in [0.1, 0.15) is 16.1 Å². The van der Waals surface area contributed by atoms with Crippen molar-refractivity contribution in [3.05, 3.63) is 22.9 Å². The third-order valence-electron chi connectivity index (χ3n) is 1.71. The Bertz CT molecular complexity index is 461. The Morgan fingerprint density at radius 1 is 1.64 bits per heavy atom. The molecule has 0 saturated heterocycles. The summed E-state index contributed by atoms with van der Waals surface area (Å²) in [6.45, 7) is 1.56. The van der Waals surface area contributed by atoms with Crippen molar-refractivity contribution in [2.45, 2.75) is 6.92 Å². The van der Waals surface area contributed by atoms with Gasteiger partial charge in [0, 0.05) is 11.6 Å². The fraction of sp³-hybridized carbons (Fsp3) is 0.125. The molecular weight excluding hydrogens is 204 g/mol. The normalized spacial score (nSPS) is 10.4. The van der Waals surface area contributed by atoms with Crippen molar-refractivity contribution in [1.82, 2.24) is 10.1 Å². The highest BCUT2D eigenvalue weighted by molar-refractivity contribution is 7.13. The van der Waals surface area contributed by atoms with Crippen LogP contribution in [0.5, 0.6) is 0 Å². The molecule has 0 unspecified atom stereocenters. The van der Waals surface area contributed by atoms with E-state index in [2.05, 4.69) is 10.1 Å². The van der Waals surface area contributed by atoms with E-state index in [-0.39, 0.29) is 5.56 Å². The molecule has 0 saturated carbocycles. The van der Waals surface area contributed by atoms with Crippen LogP contribution in [0.15, 0.2) is 16.1 Å². The van der Waals surface area contributed by atoms with E-state index in [1.807, 2.05) is 0 Å². The van der Waals surface area contributed by atoms with Crippen molar-refractivity contribution < 1.29 is 14.4 Å². The zero-order valence-electron chi connectivity index (χ0n) is 7.22. The van der Waals surface area contributed by atoms with Gasteiger partial charge in [0.15, 0.2) is 5.69 Å². The Balaban J connectivity index is 2.60. The molecule has 72 valence electrons. The minimum Gasteiger partial charge on any atom is -0.477 e. The fourth-order valence-corrected chi connectivity index (χ4v) is 1.73. The van der Waals surface area contributed by atoms with Gasteiger partial charge in [-0.1, -0.05) is 5.16 Å². The average molecular weight is 210 g/mol. The standard InChI is InChI=1S/C8H6N2O3S/c1-4-5(8(11)12)6(10-13-4)7-9-2-3-14-7/h2-3H,1H3,(H,11,12). The van der Waals surface area contributed by atoms with Crippen LogP contribution in [-0.4, -0.2) is 21.2 Å². The SMILES string of the molecule is Cc1onc(-c2nccs2)c1C(=O)O. The molecule has 0 atom stereocenters. The molecule has 5 nitrogen and oxygen atoms in total. The zero-order valence-corrected chi connectivity index (χ0v) is 8.04. The van der Waals surface area contributed by atoms with Gasteiger partial charge >= 0.3 is 5.97 Å². The lowest BCUT2D eigenvalue weighted by molar-refractivity contribution is 0.0696. The second-order valence-corrected chi connectivity index (χ2v) is 3.50. The summed E-state index contributed by atoms with van der Waals surface area (Å²) >= 11 is 1.32. The van der Waals surface area contributed by atoms with Crippen LogP contribution in [0.4, 0.5) is 0 Å². The number of rotatable bonds is 2. The molecule has 0 amide bonds. The molecular formula is C8H6N2O3S. The van der Waals surface area contributed by atoms with Gasteiger partial charge in [-0.2, -0.15) is 0 Å². The van der Waals surface area contributed by atoms with E-state index in [4.69, 9.17) is 9.63 Å². The molecule has 0 aliphatic rings. The maximum Gasteiger partial charge on any atom is 0.341 e. The number of nitrogens with zero attached hydrogens (tertiary/aromatic N) is 2. The van der Waals surface area contributed by atoms with E-state index in [9.17, 15) is 4.79 Å². The predicted molar refractivity (Wildman–Crippen MR) is 49.3 cm³/mol. The van der Waals surface area contributed by atoms with Crippen molar-refractivity contribution in [3.8, 4) is 10.7 Å². The minimum atomic E-state index is -1.05. The maximum absolute atomic E-state index is 10.9. The summed E-state index contributed by atoms with van der Waals surface area (Å²) in [6, 6.07) is 0. The number of aromatic carboxylic acids is 1. The molecule has 0 aliphatic carbocycles. The van der Waals surface area contributed by atoms with Gasteiger partial charge in [-0.05, 0) is 6.92 Å². The highest BCUT2D eigenvalue weighted by Crippen LogP contribution is 2.26. The van der Waals surface area contributed by atoms with E-state index in [0.717, 1.165) is 0 Å². The first-order valence-electron chi connectivity index (χ1n) is 3.79. The summed E-state index contributed by atoms with van der Waals surface area (Å²) in [6.07, 6.45) is 1.59. The molecule has 14 heavy (non-hydrogen) atoms. The Labute approximate surface area is 83.0 Å². The minimum absolute atomic E-state index is 0.0833. The number of carboxylic acids is 1. The van der Waals surface area contributed by atoms with Crippen LogP contribution in [0, 0.1) is 6.92 Å². The van der Waals surface area contributed by atoms with E-state index in [1.54, 1.807) is 18.5 Å². The summed E-state index contributed by atoms with van der Waals surface area (Å²) in [4.78, 5) is 14.9. The summed E-state index contributed by atoms with van der Waals surface area (Å²) in [5.74, 6) is -0.753. The summed E-state index contributed by atoms with van der Waals surface area (Å²) in [5.41, 5.74) is 0.380. The molecule has 1 N–H and O–H groups in total. The van der Waals surface area contributed by atoms with Gasteiger partial charge in [-0.25, -0.2) is 9.78 Å². The van der Waals surface area contributed by atoms with Crippen molar-refractivity contribution in [2.24, 2.45) is 0 Å². The first kappa shape index (κ1) is 8.89. The number of aromatic nitrogens is 2. The first-order valence-corrected chi connectivity index (χ1v) is 4.67. The summed E-state index contributed by atoms with van der Waals surface area (Å²) < 4.78 is 4.82. The Kier molecular flexibility index (Phi) is 2.05. The monoisotopic (exact) mass is 210 g/mol. The molecule has 0 bridgehead atoms. The number of thiazole rings is 1. The Morgan fingerprint density at radius 2 is 2.43 bits per heavy atom. The molecule has 0 radical (unpaired) electrons. The molecule has 0 spiro atoms. The molecule has 2 aromatic heterocycles. The van der Waals surface area contributed by atoms with Crippen LogP contribution in [0.25, 0.3) is 10.7 Å². The summed E-state index contributed by atoms with van der Waals surface area (Å²) in [5, 5.41) is 14.9. The van der Waals surface area contributed by atoms with E-state index >= 15 is 0 Å². The van der Waals surface area contributed by atoms with E-state index < -0.39 is 5.97 Å². The number of hydrogen-bond acceptors (Lipinski definition) is 5. The van der Waals surface area contributed by atoms with Crippen LogP contribution in [-0.2, 0) is 0 Å². The van der Waals surface area contributed by atoms with Crippen molar-refractivity contribution in [1.29, 1.82) is 0 Å². The second kappa shape index (κ2) is 3.22. The van der Waals surface area contributed by atoms with E-state index in [0.29, 0.717) is 16.5 Å². The quantitative estimate of drug-likeness (QED) is 0.817. The van der Waals surface area contributed by atoms with Crippen LogP contribution in [0.3, 0.4) is 0 Å². The Morgan fingerprint density at radius 3 is 3.00 bits per heavy atom. The van der Waals surface area contributed by atoms with Gasteiger partial charge in [0.1, 0.15) is 16.3 Å². The molecule has 2 heterocycles. The summed E-state index contributed by atoms with van der Waals surface area (Å²) in [7, 11) is 0. The van der Waals surface area contributed by atoms with Crippen molar-refractivity contribution in [2.75, 3.05) is 0 Å². The van der Waals surface area contributed by atoms with Gasteiger partial charge in [-0.15, -0.1) is 11.3 Å². The van der Waals surface area contributed by atoms with Crippen LogP contribution < -0.4 is 0 Å². The Hall–Kier alpha value is -1.69. The highest BCUT2D eigenvalue weighted by Gasteiger charge is 2.22. The molecule has 0 fully saturated rings. The van der Waals surface area contributed by atoms with Gasteiger partial charge in [-0.3, -0.25) is 0 Å². The van der Waals surface area contributed by atoms with Crippen molar-refractivity contribution in [3.63, 3.8) is 0 Å². The van der Waals surface area contributed by atoms with Crippen LogP contribution in [0.2, 0.25) is 0 Å². The first-order chi connectivity index (χ1) is 6.70. The maximum atomic E-state index is 10.9. The predicted octanol–water partition coefficient (Wildman–Crippen LogP) is 1.80. The second-order valence-electron chi connectivity index (χ2n) is 2.60. The molecule has 0 aromatic carbocycles. The zero-order chi connectivity index (χ0) is 10.1. The average Bonchev–Trinajstić information content (AvgIpc) is 2.70. The molecule has 2 rings (SSSR count). The van der Waals surface area contributed by atoms with Crippen molar-refractivity contribution >= 4 is 17.3 Å². The lowest BCUT2D eigenvalue weighted by atomic mass is 10.2. The lowest BCUT2D eigenvalue weighted by Gasteiger charge is -1.91. The largest absolute Gasteiger partial charge is 0.477 e. The number of aryl methyl sites for hydroxylation is 1. The molecule has 0 aliphatic heterocycles. The molecule has 2 aromatic rings.